The first-order valence-electron chi connectivity index (χ1n) is 4.21. The Morgan fingerprint density at radius 3 is 3.00 bits per heavy atom. The van der Waals surface area contributed by atoms with E-state index in [1.807, 2.05) is 6.07 Å². The molecule has 0 saturated heterocycles. The fourth-order valence-corrected chi connectivity index (χ4v) is 1.76. The zero-order chi connectivity index (χ0) is 9.84. The van der Waals surface area contributed by atoms with E-state index < -0.39 is 0 Å². The van der Waals surface area contributed by atoms with E-state index in [0.717, 1.165) is 22.9 Å². The monoisotopic (exact) mass is 262 g/mol. The smallest absolute Gasteiger partial charge is 0.133 e. The van der Waals surface area contributed by atoms with Gasteiger partial charge in [-0.1, -0.05) is 24.9 Å². The average molecular weight is 264 g/mol. The molecule has 13 heavy (non-hydrogen) atoms. The third-order valence-electron chi connectivity index (χ3n) is 1.83. The Morgan fingerprint density at radius 1 is 1.69 bits per heavy atom. The van der Waals surface area contributed by atoms with Crippen molar-refractivity contribution >= 4 is 27.5 Å². The van der Waals surface area contributed by atoms with Gasteiger partial charge in [0.1, 0.15) is 5.15 Å². The lowest BCUT2D eigenvalue weighted by Gasteiger charge is -2.11. The van der Waals surface area contributed by atoms with Crippen molar-refractivity contribution < 1.29 is 0 Å². The van der Waals surface area contributed by atoms with E-state index >= 15 is 0 Å². The Kier molecular flexibility index (Phi) is 4.16. The van der Waals surface area contributed by atoms with E-state index in [1.165, 1.54) is 0 Å². The molecule has 0 bridgehead atoms. The van der Waals surface area contributed by atoms with Crippen LogP contribution in [0.2, 0.25) is 5.15 Å². The molecule has 0 aromatic carbocycles. The van der Waals surface area contributed by atoms with Crippen LogP contribution in [0.5, 0.6) is 0 Å². The number of hydrogen-bond donors (Lipinski definition) is 1. The minimum atomic E-state index is -0.0116. The topological polar surface area (TPSA) is 38.9 Å². The largest absolute Gasteiger partial charge is 0.324 e. The lowest BCUT2D eigenvalue weighted by molar-refractivity contribution is 0.636. The molecule has 0 radical (unpaired) electrons. The van der Waals surface area contributed by atoms with Crippen LogP contribution < -0.4 is 5.73 Å². The van der Waals surface area contributed by atoms with Gasteiger partial charge in [-0.05, 0) is 28.4 Å². The van der Waals surface area contributed by atoms with Gasteiger partial charge in [0.2, 0.25) is 0 Å². The van der Waals surface area contributed by atoms with Gasteiger partial charge in [0.05, 0.1) is 0 Å². The Balaban J connectivity index is 2.91. The molecule has 72 valence electrons. The average Bonchev–Trinajstić information content (AvgIpc) is 2.09. The summed E-state index contributed by atoms with van der Waals surface area (Å²) in [5, 5.41) is 0.504. The Bertz CT molecular complexity index is 291. The van der Waals surface area contributed by atoms with Crippen molar-refractivity contribution in [3.63, 3.8) is 0 Å². The first-order chi connectivity index (χ1) is 6.15. The highest BCUT2D eigenvalue weighted by molar-refractivity contribution is 9.10. The Labute approximate surface area is 91.6 Å². The van der Waals surface area contributed by atoms with Gasteiger partial charge in [-0.2, -0.15) is 0 Å². The summed E-state index contributed by atoms with van der Waals surface area (Å²) in [5.41, 5.74) is 6.84. The van der Waals surface area contributed by atoms with E-state index in [4.69, 9.17) is 17.3 Å². The van der Waals surface area contributed by atoms with Gasteiger partial charge in [-0.25, -0.2) is 4.98 Å². The molecule has 1 rings (SSSR count). The van der Waals surface area contributed by atoms with Crippen LogP contribution in [0.25, 0.3) is 0 Å². The highest BCUT2D eigenvalue weighted by Gasteiger charge is 2.10. The normalized spacial score (nSPS) is 12.9. The Morgan fingerprint density at radius 2 is 2.38 bits per heavy atom. The molecule has 0 spiro atoms. The van der Waals surface area contributed by atoms with Crippen LogP contribution in [0.3, 0.4) is 0 Å². The molecule has 0 saturated carbocycles. The maximum Gasteiger partial charge on any atom is 0.133 e. The van der Waals surface area contributed by atoms with Crippen molar-refractivity contribution in [3.05, 3.63) is 27.5 Å². The van der Waals surface area contributed by atoms with Crippen LogP contribution in [-0.2, 0) is 0 Å². The van der Waals surface area contributed by atoms with E-state index in [9.17, 15) is 0 Å². The van der Waals surface area contributed by atoms with Gasteiger partial charge >= 0.3 is 0 Å². The number of pyridine rings is 1. The summed E-state index contributed by atoms with van der Waals surface area (Å²) >= 11 is 9.25. The van der Waals surface area contributed by atoms with Crippen LogP contribution >= 0.6 is 27.5 Å². The molecular formula is C9H12BrClN2. The van der Waals surface area contributed by atoms with Crippen LogP contribution in [0.4, 0.5) is 0 Å². The fourth-order valence-electron chi connectivity index (χ4n) is 1.16. The van der Waals surface area contributed by atoms with Crippen LogP contribution in [-0.4, -0.2) is 4.98 Å². The number of halogens is 2. The molecule has 0 aliphatic rings. The van der Waals surface area contributed by atoms with Crippen LogP contribution in [0.1, 0.15) is 31.4 Å². The maximum absolute atomic E-state index is 5.93. The molecule has 0 aliphatic carbocycles. The summed E-state index contributed by atoms with van der Waals surface area (Å²) in [6.45, 7) is 2.10. The van der Waals surface area contributed by atoms with E-state index in [1.54, 1.807) is 6.20 Å². The molecule has 1 unspecified atom stereocenters. The second kappa shape index (κ2) is 4.94. The summed E-state index contributed by atoms with van der Waals surface area (Å²) in [5.74, 6) is 0. The molecular weight excluding hydrogens is 251 g/mol. The quantitative estimate of drug-likeness (QED) is 0.850. The minimum Gasteiger partial charge on any atom is -0.324 e. The van der Waals surface area contributed by atoms with Gasteiger partial charge in [0, 0.05) is 22.3 Å². The molecule has 1 heterocycles. The summed E-state index contributed by atoms with van der Waals surface area (Å²) in [6, 6.07) is 1.91. The number of nitrogens with zero attached hydrogens (tertiary/aromatic N) is 1. The molecule has 1 atom stereocenters. The maximum atomic E-state index is 5.93. The van der Waals surface area contributed by atoms with Crippen LogP contribution in [0.15, 0.2) is 16.7 Å². The summed E-state index contributed by atoms with van der Waals surface area (Å²) in [4.78, 5) is 4.02. The first-order valence-corrected chi connectivity index (χ1v) is 5.38. The molecule has 0 aliphatic heterocycles. The molecule has 0 fully saturated rings. The second-order valence-corrected chi connectivity index (χ2v) is 4.20. The highest BCUT2D eigenvalue weighted by Crippen LogP contribution is 2.25. The van der Waals surface area contributed by atoms with Crippen molar-refractivity contribution in [1.82, 2.24) is 4.98 Å². The highest BCUT2D eigenvalue weighted by atomic mass is 79.9. The van der Waals surface area contributed by atoms with E-state index in [2.05, 4.69) is 27.8 Å². The van der Waals surface area contributed by atoms with Gasteiger partial charge in [0.15, 0.2) is 0 Å². The number of hydrogen-bond acceptors (Lipinski definition) is 2. The predicted octanol–water partition coefficient (Wildman–Crippen LogP) is 3.30. The van der Waals surface area contributed by atoms with Gasteiger partial charge in [-0.15, -0.1) is 0 Å². The lowest BCUT2D eigenvalue weighted by Crippen LogP contribution is -2.10. The van der Waals surface area contributed by atoms with Crippen molar-refractivity contribution in [3.8, 4) is 0 Å². The molecule has 4 heteroatoms. The first kappa shape index (κ1) is 11.0. The molecule has 2 N–H and O–H groups in total. The summed E-state index contributed by atoms with van der Waals surface area (Å²) < 4.78 is 0.915. The van der Waals surface area contributed by atoms with E-state index in [0.29, 0.717) is 5.15 Å². The fraction of sp³-hybridized carbons (Fsp3) is 0.444. The van der Waals surface area contributed by atoms with Crippen LogP contribution in [0, 0.1) is 0 Å². The van der Waals surface area contributed by atoms with Crippen molar-refractivity contribution in [2.45, 2.75) is 25.8 Å². The number of aromatic nitrogens is 1. The SMILES string of the molecule is CCCC(N)c1cc(Br)cnc1Cl. The number of nitrogens with two attached hydrogens (primary N) is 1. The lowest BCUT2D eigenvalue weighted by atomic mass is 10.1. The minimum absolute atomic E-state index is 0.0116. The second-order valence-electron chi connectivity index (χ2n) is 2.93. The van der Waals surface area contributed by atoms with Crippen molar-refractivity contribution in [1.29, 1.82) is 0 Å². The zero-order valence-corrected chi connectivity index (χ0v) is 9.77. The molecule has 2 nitrogen and oxygen atoms in total. The summed E-state index contributed by atoms with van der Waals surface area (Å²) in [7, 11) is 0. The van der Waals surface area contributed by atoms with Crippen molar-refractivity contribution in [2.75, 3.05) is 0 Å². The standard InChI is InChI=1S/C9H12BrClN2/c1-2-3-8(12)7-4-6(10)5-13-9(7)11/h4-5,8H,2-3,12H2,1H3. The third-order valence-corrected chi connectivity index (χ3v) is 2.58. The van der Waals surface area contributed by atoms with Gasteiger partial charge < -0.3 is 5.73 Å². The molecule has 0 amide bonds. The Hall–Kier alpha value is -0.120. The molecule has 1 aromatic heterocycles. The van der Waals surface area contributed by atoms with E-state index in [-0.39, 0.29) is 6.04 Å². The third kappa shape index (κ3) is 2.93. The number of rotatable bonds is 3. The van der Waals surface area contributed by atoms with Gasteiger partial charge in [-0.3, -0.25) is 0 Å². The zero-order valence-electron chi connectivity index (χ0n) is 7.43. The van der Waals surface area contributed by atoms with Gasteiger partial charge in [0.25, 0.3) is 0 Å². The van der Waals surface area contributed by atoms with Crippen molar-refractivity contribution in [2.24, 2.45) is 5.73 Å². The predicted molar refractivity (Wildman–Crippen MR) is 58.8 cm³/mol. The molecule has 1 aromatic rings. The summed E-state index contributed by atoms with van der Waals surface area (Å²) in [6.07, 6.45) is 3.65.